The molecule has 1 saturated heterocycles. The van der Waals surface area contributed by atoms with Crippen molar-refractivity contribution in [2.45, 2.75) is 12.8 Å². The van der Waals surface area contributed by atoms with E-state index in [-0.39, 0.29) is 11.7 Å². The van der Waals surface area contributed by atoms with E-state index in [4.69, 9.17) is 0 Å². The SMILES string of the molecule is Cn1cnnc1C(=O)C1CCCNC1. The Bertz CT molecular complexity index is 327. The zero-order valence-corrected chi connectivity index (χ0v) is 8.23. The summed E-state index contributed by atoms with van der Waals surface area (Å²) in [6.07, 6.45) is 3.58. The number of hydrogen-bond donors (Lipinski definition) is 1. The van der Waals surface area contributed by atoms with Crippen LogP contribution in [-0.4, -0.2) is 33.6 Å². The fourth-order valence-electron chi connectivity index (χ4n) is 1.76. The number of hydrogen-bond acceptors (Lipinski definition) is 4. The Labute approximate surface area is 82.5 Å². The Kier molecular flexibility index (Phi) is 2.58. The molecule has 1 atom stereocenters. The van der Waals surface area contributed by atoms with E-state index in [1.54, 1.807) is 17.9 Å². The molecule has 2 rings (SSSR count). The molecule has 1 aliphatic heterocycles. The molecule has 5 heteroatoms. The van der Waals surface area contributed by atoms with Crippen LogP contribution in [0.4, 0.5) is 0 Å². The molecule has 1 aromatic heterocycles. The highest BCUT2D eigenvalue weighted by atomic mass is 16.1. The van der Waals surface area contributed by atoms with Crippen molar-refractivity contribution < 1.29 is 4.79 Å². The van der Waals surface area contributed by atoms with Crippen LogP contribution in [0, 0.1) is 5.92 Å². The van der Waals surface area contributed by atoms with Crippen LogP contribution in [0.15, 0.2) is 6.33 Å². The van der Waals surface area contributed by atoms with Crippen molar-refractivity contribution in [2.24, 2.45) is 13.0 Å². The lowest BCUT2D eigenvalue weighted by molar-refractivity contribution is 0.0885. The van der Waals surface area contributed by atoms with Crippen LogP contribution < -0.4 is 5.32 Å². The second kappa shape index (κ2) is 3.88. The van der Waals surface area contributed by atoms with Gasteiger partial charge in [0.25, 0.3) is 0 Å². The van der Waals surface area contributed by atoms with Gasteiger partial charge in [0.15, 0.2) is 5.82 Å². The van der Waals surface area contributed by atoms with Crippen molar-refractivity contribution in [3.63, 3.8) is 0 Å². The lowest BCUT2D eigenvalue weighted by Gasteiger charge is -2.20. The molecule has 0 spiro atoms. The Morgan fingerprint density at radius 1 is 1.71 bits per heavy atom. The minimum atomic E-state index is 0.0756. The van der Waals surface area contributed by atoms with Gasteiger partial charge in [0.2, 0.25) is 5.78 Å². The van der Waals surface area contributed by atoms with Crippen LogP contribution in [0.1, 0.15) is 23.5 Å². The highest BCUT2D eigenvalue weighted by molar-refractivity contribution is 5.94. The largest absolute Gasteiger partial charge is 0.316 e. The fourth-order valence-corrected chi connectivity index (χ4v) is 1.76. The van der Waals surface area contributed by atoms with Crippen molar-refractivity contribution in [1.82, 2.24) is 20.1 Å². The van der Waals surface area contributed by atoms with E-state index in [2.05, 4.69) is 15.5 Å². The van der Waals surface area contributed by atoms with Gasteiger partial charge in [0.1, 0.15) is 6.33 Å². The first-order valence-corrected chi connectivity index (χ1v) is 4.88. The van der Waals surface area contributed by atoms with Crippen LogP contribution in [0.3, 0.4) is 0 Å². The second-order valence-electron chi connectivity index (χ2n) is 3.67. The average molecular weight is 194 g/mol. The molecule has 0 radical (unpaired) electrons. The van der Waals surface area contributed by atoms with E-state index in [0.29, 0.717) is 5.82 Å². The smallest absolute Gasteiger partial charge is 0.204 e. The summed E-state index contributed by atoms with van der Waals surface area (Å²) in [5, 5.41) is 10.8. The van der Waals surface area contributed by atoms with Crippen molar-refractivity contribution >= 4 is 5.78 Å². The summed E-state index contributed by atoms with van der Waals surface area (Å²) in [5.41, 5.74) is 0. The zero-order chi connectivity index (χ0) is 9.97. The number of aromatic nitrogens is 3. The van der Waals surface area contributed by atoms with Crippen molar-refractivity contribution in [3.05, 3.63) is 12.2 Å². The van der Waals surface area contributed by atoms with E-state index < -0.39 is 0 Å². The summed E-state index contributed by atoms with van der Waals surface area (Å²) in [6, 6.07) is 0. The van der Waals surface area contributed by atoms with Gasteiger partial charge in [0, 0.05) is 19.5 Å². The maximum absolute atomic E-state index is 11.9. The van der Waals surface area contributed by atoms with Gasteiger partial charge in [-0.1, -0.05) is 0 Å². The van der Waals surface area contributed by atoms with Gasteiger partial charge >= 0.3 is 0 Å². The number of carbonyl (C=O) groups is 1. The molecule has 1 unspecified atom stereocenters. The quantitative estimate of drug-likeness (QED) is 0.673. The first kappa shape index (κ1) is 9.33. The van der Waals surface area contributed by atoms with Crippen molar-refractivity contribution in [1.29, 1.82) is 0 Å². The van der Waals surface area contributed by atoms with Gasteiger partial charge in [-0.3, -0.25) is 4.79 Å². The number of rotatable bonds is 2. The van der Waals surface area contributed by atoms with Gasteiger partial charge in [-0.05, 0) is 19.4 Å². The molecule has 0 saturated carbocycles. The predicted octanol–water partition coefficient (Wildman–Crippen LogP) is -0.00260. The molecule has 2 heterocycles. The summed E-state index contributed by atoms with van der Waals surface area (Å²) in [7, 11) is 1.80. The van der Waals surface area contributed by atoms with Crippen LogP contribution >= 0.6 is 0 Å². The molecule has 1 N–H and O–H groups in total. The summed E-state index contributed by atoms with van der Waals surface area (Å²) in [5.74, 6) is 0.655. The molecule has 0 amide bonds. The normalized spacial score (nSPS) is 22.2. The molecule has 1 aromatic rings. The number of nitrogens with one attached hydrogen (secondary N) is 1. The predicted molar refractivity (Wildman–Crippen MR) is 50.9 cm³/mol. The van der Waals surface area contributed by atoms with E-state index in [1.165, 1.54) is 0 Å². The minimum Gasteiger partial charge on any atom is -0.316 e. The molecule has 5 nitrogen and oxygen atoms in total. The summed E-state index contributed by atoms with van der Waals surface area (Å²) < 4.78 is 1.68. The first-order chi connectivity index (χ1) is 6.79. The van der Waals surface area contributed by atoms with E-state index in [1.807, 2.05) is 0 Å². The zero-order valence-electron chi connectivity index (χ0n) is 8.23. The van der Waals surface area contributed by atoms with Crippen molar-refractivity contribution in [3.8, 4) is 0 Å². The lowest BCUT2D eigenvalue weighted by atomic mass is 9.95. The Morgan fingerprint density at radius 3 is 3.14 bits per heavy atom. The van der Waals surface area contributed by atoms with Crippen LogP contribution in [0.2, 0.25) is 0 Å². The molecular formula is C9H14N4O. The fraction of sp³-hybridized carbons (Fsp3) is 0.667. The molecule has 0 bridgehead atoms. The molecule has 0 aromatic carbocycles. The topological polar surface area (TPSA) is 59.8 Å². The molecule has 1 fully saturated rings. The second-order valence-corrected chi connectivity index (χ2v) is 3.67. The number of carbonyl (C=O) groups excluding carboxylic acids is 1. The molecule has 76 valence electrons. The highest BCUT2D eigenvalue weighted by Crippen LogP contribution is 2.14. The van der Waals surface area contributed by atoms with Gasteiger partial charge < -0.3 is 9.88 Å². The van der Waals surface area contributed by atoms with E-state index in [0.717, 1.165) is 25.9 Å². The summed E-state index contributed by atoms with van der Waals surface area (Å²) >= 11 is 0. The van der Waals surface area contributed by atoms with Gasteiger partial charge in [-0.25, -0.2) is 0 Å². The number of nitrogens with zero attached hydrogens (tertiary/aromatic N) is 3. The van der Waals surface area contributed by atoms with Crippen LogP contribution in [0.25, 0.3) is 0 Å². The molecule has 0 aliphatic carbocycles. The van der Waals surface area contributed by atoms with Crippen LogP contribution in [0.5, 0.6) is 0 Å². The number of aryl methyl sites for hydroxylation is 1. The molecule has 14 heavy (non-hydrogen) atoms. The summed E-state index contributed by atoms with van der Waals surface area (Å²) in [6.45, 7) is 1.79. The number of Topliss-reactive ketones (excluding diaryl/α,β-unsaturated/α-hetero) is 1. The van der Waals surface area contributed by atoms with Gasteiger partial charge in [-0.15, -0.1) is 10.2 Å². The monoisotopic (exact) mass is 194 g/mol. The van der Waals surface area contributed by atoms with E-state index in [9.17, 15) is 4.79 Å². The minimum absolute atomic E-state index is 0.0756. The highest BCUT2D eigenvalue weighted by Gasteiger charge is 2.25. The van der Waals surface area contributed by atoms with Gasteiger partial charge in [-0.2, -0.15) is 0 Å². The summed E-state index contributed by atoms with van der Waals surface area (Å²) in [4.78, 5) is 11.9. The van der Waals surface area contributed by atoms with Crippen LogP contribution in [-0.2, 0) is 7.05 Å². The van der Waals surface area contributed by atoms with Gasteiger partial charge in [0.05, 0.1) is 0 Å². The third-order valence-corrected chi connectivity index (χ3v) is 2.60. The lowest BCUT2D eigenvalue weighted by Crippen LogP contribution is -2.35. The maximum Gasteiger partial charge on any atom is 0.204 e. The standard InChI is InChI=1S/C9H14N4O/c1-13-6-11-12-9(13)8(14)7-3-2-4-10-5-7/h6-7,10H,2-5H2,1H3. The molecule has 1 aliphatic rings. The van der Waals surface area contributed by atoms with Crippen molar-refractivity contribution in [2.75, 3.05) is 13.1 Å². The van der Waals surface area contributed by atoms with E-state index >= 15 is 0 Å². The first-order valence-electron chi connectivity index (χ1n) is 4.88. The number of piperidine rings is 1. The third-order valence-electron chi connectivity index (χ3n) is 2.60. The third kappa shape index (κ3) is 1.68. The molecular weight excluding hydrogens is 180 g/mol. The average Bonchev–Trinajstić information content (AvgIpc) is 2.65. The Morgan fingerprint density at radius 2 is 2.57 bits per heavy atom. The maximum atomic E-state index is 11.9. The Hall–Kier alpha value is -1.23. The Balaban J connectivity index is 2.11. The number of ketones is 1.